The quantitative estimate of drug-likeness (QED) is 0.458. The third-order valence-electron chi connectivity index (χ3n) is 6.28. The van der Waals surface area contributed by atoms with Gasteiger partial charge >= 0.3 is 0 Å². The van der Waals surface area contributed by atoms with E-state index >= 15 is 0 Å². The Morgan fingerprint density at radius 3 is 1.78 bits per heavy atom. The van der Waals surface area contributed by atoms with Crippen LogP contribution in [0.5, 0.6) is 0 Å². The van der Waals surface area contributed by atoms with Crippen molar-refractivity contribution in [2.45, 2.75) is 19.9 Å². The summed E-state index contributed by atoms with van der Waals surface area (Å²) >= 11 is 0. The summed E-state index contributed by atoms with van der Waals surface area (Å²) in [5, 5.41) is 6.97. The standard InChI is InChI=1S/C28H34N4/c1-3-30(4-2)27-17-15-24(16-18-27)23-29-32-21-19-31(20-22-32)28(25-11-7-5-8-12-25)26-13-9-6-10-14-26/h5-18,23,28H,3-4,19-22H2,1-2H3. The molecule has 3 aromatic carbocycles. The highest BCUT2D eigenvalue weighted by Crippen LogP contribution is 2.29. The van der Waals surface area contributed by atoms with Crippen LogP contribution in [0.2, 0.25) is 0 Å². The van der Waals surface area contributed by atoms with E-state index in [4.69, 9.17) is 5.10 Å². The Morgan fingerprint density at radius 1 is 0.750 bits per heavy atom. The van der Waals surface area contributed by atoms with Crippen LogP contribution in [0.25, 0.3) is 0 Å². The summed E-state index contributed by atoms with van der Waals surface area (Å²) in [6, 6.07) is 30.7. The molecule has 4 rings (SSSR count). The Kier molecular flexibility index (Phi) is 7.57. The Labute approximate surface area is 192 Å². The first-order valence-electron chi connectivity index (χ1n) is 11.8. The number of piperazine rings is 1. The molecule has 0 atom stereocenters. The van der Waals surface area contributed by atoms with Crippen LogP contribution in [0.4, 0.5) is 5.69 Å². The predicted octanol–water partition coefficient (Wildman–Crippen LogP) is 5.27. The van der Waals surface area contributed by atoms with Crippen LogP contribution in [0.15, 0.2) is 90.0 Å². The highest BCUT2D eigenvalue weighted by Gasteiger charge is 2.25. The van der Waals surface area contributed by atoms with Crippen molar-refractivity contribution in [3.05, 3.63) is 102 Å². The van der Waals surface area contributed by atoms with E-state index in [1.807, 2.05) is 6.21 Å². The minimum atomic E-state index is 0.288. The molecule has 1 aliphatic heterocycles. The molecule has 1 fully saturated rings. The fraction of sp³-hybridized carbons (Fsp3) is 0.321. The van der Waals surface area contributed by atoms with E-state index < -0.39 is 0 Å². The molecule has 0 aliphatic carbocycles. The van der Waals surface area contributed by atoms with Crippen molar-refractivity contribution in [1.82, 2.24) is 9.91 Å². The highest BCUT2D eigenvalue weighted by atomic mass is 15.5. The van der Waals surface area contributed by atoms with Crippen LogP contribution in [0.1, 0.15) is 36.6 Å². The van der Waals surface area contributed by atoms with Crippen molar-refractivity contribution < 1.29 is 0 Å². The SMILES string of the molecule is CCN(CC)c1ccc(C=NN2CCN(C(c3ccccc3)c3ccccc3)CC2)cc1. The van der Waals surface area contributed by atoms with Crippen LogP contribution in [-0.2, 0) is 0 Å². The number of rotatable bonds is 8. The van der Waals surface area contributed by atoms with Crippen molar-refractivity contribution in [2.75, 3.05) is 44.2 Å². The first kappa shape index (κ1) is 22.1. The Morgan fingerprint density at radius 2 is 1.28 bits per heavy atom. The van der Waals surface area contributed by atoms with Gasteiger partial charge in [0.15, 0.2) is 0 Å². The summed E-state index contributed by atoms with van der Waals surface area (Å²) in [5.41, 5.74) is 5.12. The van der Waals surface area contributed by atoms with Crippen molar-refractivity contribution in [3.63, 3.8) is 0 Å². The molecule has 0 bridgehead atoms. The largest absolute Gasteiger partial charge is 0.372 e. The topological polar surface area (TPSA) is 22.1 Å². The van der Waals surface area contributed by atoms with Crippen LogP contribution in [0.3, 0.4) is 0 Å². The van der Waals surface area contributed by atoms with Crippen molar-refractivity contribution >= 4 is 11.9 Å². The van der Waals surface area contributed by atoms with Gasteiger partial charge in [0.2, 0.25) is 0 Å². The van der Waals surface area contributed by atoms with Gasteiger partial charge in [0.1, 0.15) is 0 Å². The Hall–Kier alpha value is -3.11. The summed E-state index contributed by atoms with van der Waals surface area (Å²) in [7, 11) is 0. The Bertz CT molecular complexity index is 918. The van der Waals surface area contributed by atoms with Gasteiger partial charge in [-0.05, 0) is 42.7 Å². The van der Waals surface area contributed by atoms with Gasteiger partial charge in [-0.25, -0.2) is 0 Å². The fourth-order valence-corrected chi connectivity index (χ4v) is 4.48. The monoisotopic (exact) mass is 426 g/mol. The second-order valence-electron chi connectivity index (χ2n) is 8.22. The summed E-state index contributed by atoms with van der Waals surface area (Å²) in [6.07, 6.45) is 1.99. The second-order valence-corrected chi connectivity index (χ2v) is 8.22. The maximum absolute atomic E-state index is 4.78. The smallest absolute Gasteiger partial charge is 0.0603 e. The number of nitrogens with zero attached hydrogens (tertiary/aromatic N) is 4. The number of hydrazone groups is 1. The molecule has 0 spiro atoms. The molecule has 0 amide bonds. The molecule has 0 aromatic heterocycles. The van der Waals surface area contributed by atoms with Gasteiger partial charge in [0, 0.05) is 45.0 Å². The van der Waals surface area contributed by atoms with Gasteiger partial charge in [-0.3, -0.25) is 9.91 Å². The van der Waals surface area contributed by atoms with Crippen molar-refractivity contribution in [1.29, 1.82) is 0 Å². The maximum Gasteiger partial charge on any atom is 0.0603 e. The normalized spacial score (nSPS) is 14.9. The van der Waals surface area contributed by atoms with Crippen molar-refractivity contribution in [2.24, 2.45) is 5.10 Å². The average molecular weight is 427 g/mol. The minimum absolute atomic E-state index is 0.288. The molecule has 3 aromatic rings. The zero-order valence-electron chi connectivity index (χ0n) is 19.3. The molecule has 0 saturated carbocycles. The van der Waals surface area contributed by atoms with Crippen molar-refractivity contribution in [3.8, 4) is 0 Å². The first-order chi connectivity index (χ1) is 15.8. The van der Waals surface area contributed by atoms with Gasteiger partial charge in [-0.2, -0.15) is 5.10 Å². The molecule has 1 saturated heterocycles. The lowest BCUT2D eigenvalue weighted by molar-refractivity contribution is 0.113. The lowest BCUT2D eigenvalue weighted by Crippen LogP contribution is -2.45. The third kappa shape index (κ3) is 5.38. The van der Waals surface area contributed by atoms with E-state index in [9.17, 15) is 0 Å². The lowest BCUT2D eigenvalue weighted by atomic mass is 9.96. The predicted molar refractivity (Wildman–Crippen MR) is 135 cm³/mol. The number of anilines is 1. The molecule has 32 heavy (non-hydrogen) atoms. The van der Waals surface area contributed by atoms with Crippen LogP contribution < -0.4 is 4.90 Å². The van der Waals surface area contributed by atoms with Crippen LogP contribution >= 0.6 is 0 Å². The molecule has 166 valence electrons. The molecule has 1 aliphatic rings. The molecule has 4 heteroatoms. The minimum Gasteiger partial charge on any atom is -0.372 e. The molecule has 1 heterocycles. The second kappa shape index (κ2) is 11.0. The first-order valence-corrected chi connectivity index (χ1v) is 11.8. The molecule has 4 nitrogen and oxygen atoms in total. The fourth-order valence-electron chi connectivity index (χ4n) is 4.48. The summed E-state index contributed by atoms with van der Waals surface area (Å²) in [6.45, 7) is 10.3. The van der Waals surface area contributed by atoms with Crippen LogP contribution in [0, 0.1) is 0 Å². The third-order valence-corrected chi connectivity index (χ3v) is 6.28. The summed E-state index contributed by atoms with van der Waals surface area (Å²) in [4.78, 5) is 4.94. The lowest BCUT2D eigenvalue weighted by Gasteiger charge is -2.38. The zero-order chi connectivity index (χ0) is 22.2. The van der Waals surface area contributed by atoms with Gasteiger partial charge in [0.25, 0.3) is 0 Å². The van der Waals surface area contributed by atoms with E-state index in [2.05, 4.69) is 114 Å². The maximum atomic E-state index is 4.78. The van der Waals surface area contributed by atoms with Gasteiger partial charge < -0.3 is 4.90 Å². The van der Waals surface area contributed by atoms with Gasteiger partial charge in [-0.15, -0.1) is 0 Å². The average Bonchev–Trinajstić information content (AvgIpc) is 2.87. The number of hydrogen-bond donors (Lipinski definition) is 0. The molecule has 0 unspecified atom stereocenters. The summed E-state index contributed by atoms with van der Waals surface area (Å²) in [5.74, 6) is 0. The van der Waals surface area contributed by atoms with Crippen LogP contribution in [-0.4, -0.2) is 55.4 Å². The van der Waals surface area contributed by atoms with Gasteiger partial charge in [-0.1, -0.05) is 72.8 Å². The molecule has 0 N–H and O–H groups in total. The van der Waals surface area contributed by atoms with E-state index in [1.165, 1.54) is 16.8 Å². The van der Waals surface area contributed by atoms with Gasteiger partial charge in [0.05, 0.1) is 12.3 Å². The summed E-state index contributed by atoms with van der Waals surface area (Å²) < 4.78 is 0. The molecular formula is C28H34N4. The van der Waals surface area contributed by atoms with E-state index in [1.54, 1.807) is 0 Å². The highest BCUT2D eigenvalue weighted by molar-refractivity contribution is 5.80. The van der Waals surface area contributed by atoms with E-state index in [0.29, 0.717) is 0 Å². The van der Waals surface area contributed by atoms with E-state index in [0.717, 1.165) is 44.8 Å². The molecular weight excluding hydrogens is 392 g/mol. The number of benzene rings is 3. The number of hydrogen-bond acceptors (Lipinski definition) is 4. The molecule has 0 radical (unpaired) electrons. The zero-order valence-corrected chi connectivity index (χ0v) is 19.3. The van der Waals surface area contributed by atoms with E-state index in [-0.39, 0.29) is 6.04 Å². The Balaban J connectivity index is 1.39.